The molecule has 2 heteroatoms. The minimum Gasteiger partial charge on any atom is -0.381 e. The van der Waals surface area contributed by atoms with Crippen molar-refractivity contribution in [1.29, 1.82) is 0 Å². The van der Waals surface area contributed by atoms with E-state index in [0.29, 0.717) is 10.8 Å². The van der Waals surface area contributed by atoms with E-state index in [-0.39, 0.29) is 0 Å². The van der Waals surface area contributed by atoms with Crippen LogP contribution in [0.1, 0.15) is 59.3 Å². The van der Waals surface area contributed by atoms with Crippen LogP contribution in [0.3, 0.4) is 0 Å². The van der Waals surface area contributed by atoms with Crippen LogP contribution in [0.25, 0.3) is 0 Å². The molecule has 0 amide bonds. The second kappa shape index (κ2) is 5.04. The summed E-state index contributed by atoms with van der Waals surface area (Å²) in [5, 5.41) is 3.83. The lowest BCUT2D eigenvalue weighted by atomic mass is 9.69. The standard InChI is InChI=1S/C17H31NO/c1-16(2)14-7-8-17(16,3)15(11-14)18-9-4-10-19-12-13-5-6-13/h13-15,18H,4-12H2,1-3H3. The second-order valence-electron chi connectivity index (χ2n) is 7.99. The highest BCUT2D eigenvalue weighted by Crippen LogP contribution is 2.65. The lowest BCUT2D eigenvalue weighted by Crippen LogP contribution is -2.44. The fourth-order valence-electron chi connectivity index (χ4n) is 4.50. The van der Waals surface area contributed by atoms with Crippen LogP contribution in [-0.2, 0) is 4.74 Å². The molecule has 0 heterocycles. The van der Waals surface area contributed by atoms with Crippen molar-refractivity contribution < 1.29 is 4.74 Å². The van der Waals surface area contributed by atoms with E-state index in [2.05, 4.69) is 26.1 Å². The molecule has 0 radical (unpaired) electrons. The molecule has 3 aliphatic rings. The third-order valence-corrected chi connectivity index (χ3v) is 6.70. The maximum Gasteiger partial charge on any atom is 0.0494 e. The predicted molar refractivity (Wildman–Crippen MR) is 79.2 cm³/mol. The molecule has 3 unspecified atom stereocenters. The van der Waals surface area contributed by atoms with Gasteiger partial charge in [0.15, 0.2) is 0 Å². The molecule has 3 saturated carbocycles. The molecule has 3 rings (SSSR count). The Kier molecular flexibility index (Phi) is 3.68. The van der Waals surface area contributed by atoms with Gasteiger partial charge in [-0.05, 0) is 67.7 Å². The molecule has 19 heavy (non-hydrogen) atoms. The van der Waals surface area contributed by atoms with Crippen LogP contribution in [0.15, 0.2) is 0 Å². The average Bonchev–Trinajstić information content (AvgIpc) is 3.13. The van der Waals surface area contributed by atoms with Crippen LogP contribution in [0.2, 0.25) is 0 Å². The Balaban J connectivity index is 1.36. The number of nitrogens with one attached hydrogen (secondary N) is 1. The quantitative estimate of drug-likeness (QED) is 0.710. The normalized spacial score (nSPS) is 39.9. The highest BCUT2D eigenvalue weighted by atomic mass is 16.5. The van der Waals surface area contributed by atoms with Crippen LogP contribution in [0.4, 0.5) is 0 Å². The first-order valence-corrected chi connectivity index (χ1v) is 8.35. The van der Waals surface area contributed by atoms with Crippen LogP contribution in [0.5, 0.6) is 0 Å². The summed E-state index contributed by atoms with van der Waals surface area (Å²) >= 11 is 0. The molecule has 2 bridgehead atoms. The summed E-state index contributed by atoms with van der Waals surface area (Å²) in [4.78, 5) is 0. The van der Waals surface area contributed by atoms with E-state index in [9.17, 15) is 0 Å². The van der Waals surface area contributed by atoms with Crippen molar-refractivity contribution in [2.45, 2.75) is 65.3 Å². The molecule has 0 saturated heterocycles. The van der Waals surface area contributed by atoms with Crippen molar-refractivity contribution in [2.75, 3.05) is 19.8 Å². The Labute approximate surface area is 118 Å². The summed E-state index contributed by atoms with van der Waals surface area (Å²) < 4.78 is 5.71. The number of hydrogen-bond donors (Lipinski definition) is 1. The molecule has 0 spiro atoms. The molecule has 3 atom stereocenters. The zero-order valence-corrected chi connectivity index (χ0v) is 13.0. The van der Waals surface area contributed by atoms with Gasteiger partial charge in [0.1, 0.15) is 0 Å². The summed E-state index contributed by atoms with van der Waals surface area (Å²) in [5.74, 6) is 1.85. The molecule has 0 aromatic rings. The van der Waals surface area contributed by atoms with E-state index in [0.717, 1.165) is 37.6 Å². The van der Waals surface area contributed by atoms with Crippen molar-refractivity contribution in [3.63, 3.8) is 0 Å². The number of fused-ring (bicyclic) bond motifs is 2. The van der Waals surface area contributed by atoms with Gasteiger partial charge in [0.05, 0.1) is 0 Å². The van der Waals surface area contributed by atoms with Gasteiger partial charge in [0.2, 0.25) is 0 Å². The molecule has 0 aliphatic heterocycles. The van der Waals surface area contributed by atoms with E-state index >= 15 is 0 Å². The van der Waals surface area contributed by atoms with Crippen molar-refractivity contribution >= 4 is 0 Å². The number of hydrogen-bond acceptors (Lipinski definition) is 2. The van der Waals surface area contributed by atoms with Crippen LogP contribution < -0.4 is 5.32 Å². The Hall–Kier alpha value is -0.0800. The minimum atomic E-state index is 0.520. The minimum absolute atomic E-state index is 0.520. The Morgan fingerprint density at radius 1 is 1.16 bits per heavy atom. The summed E-state index contributed by atoms with van der Waals surface area (Å²) in [7, 11) is 0. The maximum absolute atomic E-state index is 5.71. The van der Waals surface area contributed by atoms with Crippen molar-refractivity contribution in [3.05, 3.63) is 0 Å². The lowest BCUT2D eigenvalue weighted by molar-refractivity contribution is 0.108. The highest BCUT2D eigenvalue weighted by Gasteiger charge is 2.60. The van der Waals surface area contributed by atoms with Crippen molar-refractivity contribution in [2.24, 2.45) is 22.7 Å². The number of rotatable bonds is 7. The fraction of sp³-hybridized carbons (Fsp3) is 1.00. The van der Waals surface area contributed by atoms with E-state index in [1.807, 2.05) is 0 Å². The van der Waals surface area contributed by atoms with Crippen LogP contribution in [0, 0.1) is 22.7 Å². The SMILES string of the molecule is CC1(C)C2CCC1(C)C(NCCCOCC1CC1)C2. The third-order valence-electron chi connectivity index (χ3n) is 6.70. The second-order valence-corrected chi connectivity index (χ2v) is 7.99. The van der Waals surface area contributed by atoms with Crippen molar-refractivity contribution in [1.82, 2.24) is 5.32 Å². The Morgan fingerprint density at radius 2 is 1.95 bits per heavy atom. The molecule has 0 aromatic heterocycles. The predicted octanol–water partition coefficient (Wildman–Crippen LogP) is 3.61. The van der Waals surface area contributed by atoms with E-state index in [1.54, 1.807) is 0 Å². The maximum atomic E-state index is 5.71. The van der Waals surface area contributed by atoms with Gasteiger partial charge in [-0.25, -0.2) is 0 Å². The summed E-state index contributed by atoms with van der Waals surface area (Å²) in [6.07, 6.45) is 8.23. The van der Waals surface area contributed by atoms with Gasteiger partial charge in [0, 0.05) is 19.3 Å². The summed E-state index contributed by atoms with van der Waals surface area (Å²) in [6, 6.07) is 0.740. The van der Waals surface area contributed by atoms with Crippen molar-refractivity contribution in [3.8, 4) is 0 Å². The topological polar surface area (TPSA) is 21.3 Å². The van der Waals surface area contributed by atoms with Gasteiger partial charge in [-0.3, -0.25) is 0 Å². The molecule has 110 valence electrons. The van der Waals surface area contributed by atoms with Gasteiger partial charge < -0.3 is 10.1 Å². The van der Waals surface area contributed by atoms with E-state index < -0.39 is 0 Å². The summed E-state index contributed by atoms with van der Waals surface area (Å²) in [5.41, 5.74) is 1.06. The van der Waals surface area contributed by atoms with Gasteiger partial charge >= 0.3 is 0 Å². The highest BCUT2D eigenvalue weighted by molar-refractivity contribution is 5.12. The largest absolute Gasteiger partial charge is 0.381 e. The first-order chi connectivity index (χ1) is 9.04. The third kappa shape index (κ3) is 2.47. The van der Waals surface area contributed by atoms with Crippen LogP contribution in [-0.4, -0.2) is 25.8 Å². The molecular weight excluding hydrogens is 234 g/mol. The van der Waals surface area contributed by atoms with E-state index in [1.165, 1.54) is 38.5 Å². The average molecular weight is 265 g/mol. The van der Waals surface area contributed by atoms with Gasteiger partial charge in [-0.1, -0.05) is 20.8 Å². The number of ether oxygens (including phenoxy) is 1. The van der Waals surface area contributed by atoms with Gasteiger partial charge in [-0.15, -0.1) is 0 Å². The molecule has 3 aliphatic carbocycles. The zero-order chi connectivity index (χ0) is 13.5. The van der Waals surface area contributed by atoms with Crippen LogP contribution >= 0.6 is 0 Å². The van der Waals surface area contributed by atoms with Gasteiger partial charge in [-0.2, -0.15) is 0 Å². The molecule has 1 N–H and O–H groups in total. The van der Waals surface area contributed by atoms with Gasteiger partial charge in [0.25, 0.3) is 0 Å². The monoisotopic (exact) mass is 265 g/mol. The fourth-order valence-corrected chi connectivity index (χ4v) is 4.50. The van der Waals surface area contributed by atoms with E-state index in [4.69, 9.17) is 4.74 Å². The first-order valence-electron chi connectivity index (χ1n) is 8.35. The zero-order valence-electron chi connectivity index (χ0n) is 13.0. The molecule has 0 aromatic carbocycles. The first kappa shape index (κ1) is 13.9. The molecule has 2 nitrogen and oxygen atoms in total. The lowest BCUT2D eigenvalue weighted by Gasteiger charge is -2.39. The molecule has 3 fully saturated rings. The summed E-state index contributed by atoms with van der Waals surface area (Å²) in [6.45, 7) is 10.6. The Bertz CT molecular complexity index is 323. The Morgan fingerprint density at radius 3 is 2.53 bits per heavy atom. The smallest absolute Gasteiger partial charge is 0.0494 e. The molecular formula is C17H31NO.